The summed E-state index contributed by atoms with van der Waals surface area (Å²) in [6.07, 6.45) is -5.04. The van der Waals surface area contributed by atoms with Gasteiger partial charge in [0.05, 0.1) is 11.9 Å². The SMILES string of the molecule is O=C([O-])C(F)(F)OC1CCS(=O)C1. The minimum Gasteiger partial charge on any atom is -0.542 e. The lowest BCUT2D eigenvalue weighted by molar-refractivity contribution is -0.367. The van der Waals surface area contributed by atoms with Gasteiger partial charge in [0, 0.05) is 16.6 Å². The molecule has 1 saturated heterocycles. The molecular formula is C6H7F2O4S-. The van der Waals surface area contributed by atoms with Gasteiger partial charge in [-0.05, 0) is 6.42 Å². The van der Waals surface area contributed by atoms with Gasteiger partial charge in [-0.15, -0.1) is 0 Å². The molecule has 1 heterocycles. The van der Waals surface area contributed by atoms with Crippen molar-refractivity contribution < 1.29 is 27.6 Å². The van der Waals surface area contributed by atoms with Gasteiger partial charge in [-0.1, -0.05) is 0 Å². The third kappa shape index (κ3) is 2.70. The van der Waals surface area contributed by atoms with Crippen LogP contribution in [0.15, 0.2) is 0 Å². The summed E-state index contributed by atoms with van der Waals surface area (Å²) in [6, 6.07) is 0. The number of rotatable bonds is 3. The molecule has 0 amide bonds. The average Bonchev–Trinajstić information content (AvgIpc) is 2.34. The van der Waals surface area contributed by atoms with Crippen molar-refractivity contribution >= 4 is 16.8 Å². The number of halogens is 2. The van der Waals surface area contributed by atoms with E-state index in [0.29, 0.717) is 0 Å². The summed E-state index contributed by atoms with van der Waals surface area (Å²) >= 11 is 0. The van der Waals surface area contributed by atoms with Crippen LogP contribution in [0.3, 0.4) is 0 Å². The first kappa shape index (κ1) is 10.5. The molecule has 0 radical (unpaired) electrons. The summed E-state index contributed by atoms with van der Waals surface area (Å²) in [5.74, 6) is -2.33. The highest BCUT2D eigenvalue weighted by Gasteiger charge is 2.37. The van der Waals surface area contributed by atoms with Gasteiger partial charge in [0.1, 0.15) is 5.97 Å². The fourth-order valence-corrected chi connectivity index (χ4v) is 2.33. The lowest BCUT2D eigenvalue weighted by Gasteiger charge is -2.20. The largest absolute Gasteiger partial charge is 0.542 e. The van der Waals surface area contributed by atoms with Gasteiger partial charge < -0.3 is 14.6 Å². The Kier molecular flexibility index (Phi) is 2.97. The van der Waals surface area contributed by atoms with Crippen molar-refractivity contribution in [3.63, 3.8) is 0 Å². The maximum atomic E-state index is 12.3. The number of aliphatic carboxylic acids is 1. The zero-order valence-electron chi connectivity index (χ0n) is 6.50. The van der Waals surface area contributed by atoms with Gasteiger partial charge in [0.2, 0.25) is 0 Å². The van der Waals surface area contributed by atoms with E-state index in [4.69, 9.17) is 0 Å². The van der Waals surface area contributed by atoms with Crippen LogP contribution in [-0.4, -0.2) is 33.9 Å². The Labute approximate surface area is 75.3 Å². The Bertz CT molecular complexity index is 243. The van der Waals surface area contributed by atoms with E-state index >= 15 is 0 Å². The van der Waals surface area contributed by atoms with Crippen molar-refractivity contribution in [1.29, 1.82) is 0 Å². The Morgan fingerprint density at radius 1 is 1.62 bits per heavy atom. The number of ether oxygens (including phenoxy) is 1. The molecule has 0 saturated carbocycles. The highest BCUT2D eigenvalue weighted by molar-refractivity contribution is 7.85. The van der Waals surface area contributed by atoms with Crippen molar-refractivity contribution in [3.05, 3.63) is 0 Å². The van der Waals surface area contributed by atoms with Crippen LogP contribution in [0.5, 0.6) is 0 Å². The highest BCUT2D eigenvalue weighted by Crippen LogP contribution is 2.22. The van der Waals surface area contributed by atoms with Gasteiger partial charge in [0.15, 0.2) is 0 Å². The predicted octanol–water partition coefficient (Wildman–Crippen LogP) is -1.13. The van der Waals surface area contributed by atoms with Crippen LogP contribution in [0.25, 0.3) is 0 Å². The minimum atomic E-state index is -4.28. The van der Waals surface area contributed by atoms with E-state index < -0.39 is 29.0 Å². The van der Waals surface area contributed by atoms with Gasteiger partial charge >= 0.3 is 6.11 Å². The average molecular weight is 213 g/mol. The zero-order chi connectivity index (χ0) is 10.1. The summed E-state index contributed by atoms with van der Waals surface area (Å²) in [5, 5.41) is 9.83. The summed E-state index contributed by atoms with van der Waals surface area (Å²) < 4.78 is 39.4. The van der Waals surface area contributed by atoms with Crippen LogP contribution < -0.4 is 5.11 Å². The maximum absolute atomic E-state index is 12.3. The monoisotopic (exact) mass is 213 g/mol. The Morgan fingerprint density at radius 2 is 2.23 bits per heavy atom. The first-order chi connectivity index (χ1) is 5.92. The Hall–Kier alpha value is -0.560. The molecule has 76 valence electrons. The molecule has 2 atom stereocenters. The molecule has 0 spiro atoms. The van der Waals surface area contributed by atoms with Gasteiger partial charge in [-0.3, -0.25) is 4.21 Å². The molecule has 0 aromatic rings. The van der Waals surface area contributed by atoms with Crippen LogP contribution in [-0.2, 0) is 20.3 Å². The van der Waals surface area contributed by atoms with E-state index in [1.54, 1.807) is 0 Å². The number of alkyl halides is 2. The smallest absolute Gasteiger partial charge is 0.397 e. The van der Waals surface area contributed by atoms with Crippen molar-refractivity contribution in [2.24, 2.45) is 0 Å². The van der Waals surface area contributed by atoms with Gasteiger partial charge in [-0.2, -0.15) is 8.78 Å². The van der Waals surface area contributed by atoms with Crippen molar-refractivity contribution in [3.8, 4) is 0 Å². The second-order valence-corrected chi connectivity index (χ2v) is 4.26. The number of hydrogen-bond acceptors (Lipinski definition) is 4. The van der Waals surface area contributed by atoms with E-state index in [1.165, 1.54) is 0 Å². The molecular weight excluding hydrogens is 206 g/mol. The second kappa shape index (κ2) is 3.67. The number of carboxylic acids is 1. The Morgan fingerprint density at radius 3 is 2.62 bits per heavy atom. The van der Waals surface area contributed by atoms with Crippen LogP contribution in [0.4, 0.5) is 8.78 Å². The van der Waals surface area contributed by atoms with E-state index in [1.807, 2.05) is 0 Å². The summed E-state index contributed by atoms with van der Waals surface area (Å²) in [6.45, 7) is 0. The number of carbonyl (C=O) groups is 1. The van der Waals surface area contributed by atoms with E-state index in [0.717, 1.165) is 0 Å². The normalized spacial score (nSPS) is 29.1. The van der Waals surface area contributed by atoms with Crippen LogP contribution in [0, 0.1) is 0 Å². The molecule has 0 aromatic carbocycles. The van der Waals surface area contributed by atoms with Crippen molar-refractivity contribution in [1.82, 2.24) is 0 Å². The topological polar surface area (TPSA) is 66.4 Å². The van der Waals surface area contributed by atoms with E-state index in [2.05, 4.69) is 4.74 Å². The lowest BCUT2D eigenvalue weighted by atomic mass is 10.3. The zero-order valence-corrected chi connectivity index (χ0v) is 7.31. The molecule has 4 nitrogen and oxygen atoms in total. The summed E-state index contributed by atoms with van der Waals surface area (Å²) in [4.78, 5) is 9.83. The molecule has 1 aliphatic heterocycles. The van der Waals surface area contributed by atoms with Crippen molar-refractivity contribution in [2.45, 2.75) is 18.6 Å². The number of carbonyl (C=O) groups excluding carboxylic acids is 1. The third-order valence-electron chi connectivity index (χ3n) is 1.59. The maximum Gasteiger partial charge on any atom is 0.397 e. The Balaban J connectivity index is 2.49. The highest BCUT2D eigenvalue weighted by atomic mass is 32.2. The lowest BCUT2D eigenvalue weighted by Crippen LogP contribution is -2.45. The molecule has 7 heteroatoms. The standard InChI is InChI=1S/C6H8F2O4S/c7-6(8,5(9)10)12-4-1-2-13(11)3-4/h4H,1-3H2,(H,9,10)/p-1. The molecule has 1 rings (SSSR count). The van der Waals surface area contributed by atoms with Gasteiger partial charge in [0.25, 0.3) is 0 Å². The van der Waals surface area contributed by atoms with Crippen LogP contribution >= 0.6 is 0 Å². The minimum absolute atomic E-state index is 0.0388. The molecule has 0 aliphatic carbocycles. The molecule has 0 bridgehead atoms. The molecule has 13 heavy (non-hydrogen) atoms. The molecule has 0 N–H and O–H groups in total. The molecule has 1 aliphatic rings. The quantitative estimate of drug-likeness (QED) is 0.594. The molecule has 0 aromatic heterocycles. The molecule has 2 unspecified atom stereocenters. The van der Waals surface area contributed by atoms with E-state index in [9.17, 15) is 22.9 Å². The van der Waals surface area contributed by atoms with E-state index in [-0.39, 0.29) is 17.9 Å². The number of carboxylic acid groups (broad SMARTS) is 1. The fraction of sp³-hybridized carbons (Fsp3) is 0.833. The summed E-state index contributed by atoms with van der Waals surface area (Å²) in [7, 11) is -1.17. The van der Waals surface area contributed by atoms with Crippen molar-refractivity contribution in [2.75, 3.05) is 11.5 Å². The van der Waals surface area contributed by atoms with Gasteiger partial charge in [-0.25, -0.2) is 0 Å². The molecule has 1 fully saturated rings. The predicted molar refractivity (Wildman–Crippen MR) is 37.3 cm³/mol. The van der Waals surface area contributed by atoms with Crippen LogP contribution in [0.1, 0.15) is 6.42 Å². The summed E-state index contributed by atoms with van der Waals surface area (Å²) in [5.41, 5.74) is 0. The third-order valence-corrected chi connectivity index (χ3v) is 3.03. The number of hydrogen-bond donors (Lipinski definition) is 0. The second-order valence-electron chi connectivity index (χ2n) is 2.64. The van der Waals surface area contributed by atoms with Crippen LogP contribution in [0.2, 0.25) is 0 Å². The first-order valence-corrected chi connectivity index (χ1v) is 5.02. The first-order valence-electron chi connectivity index (χ1n) is 3.54. The fourth-order valence-electron chi connectivity index (χ4n) is 0.987.